The highest BCUT2D eigenvalue weighted by Crippen LogP contribution is 2.30. The number of rotatable bonds is 2. The summed E-state index contributed by atoms with van der Waals surface area (Å²) in [5.74, 6) is -1.08. The van der Waals surface area contributed by atoms with Gasteiger partial charge in [0.05, 0.1) is 5.69 Å². The number of halogens is 3. The van der Waals surface area contributed by atoms with E-state index in [0.717, 1.165) is 21.8 Å². The van der Waals surface area contributed by atoms with Crippen LogP contribution in [0.4, 0.5) is 14.5 Å². The van der Waals surface area contributed by atoms with E-state index in [1.807, 2.05) is 0 Å². The Morgan fingerprint density at radius 3 is 2.47 bits per heavy atom. The van der Waals surface area contributed by atoms with E-state index in [0.29, 0.717) is 11.4 Å². The molecule has 2 aromatic rings. The number of nitrogens with two attached hydrogens (primary N) is 1. The Labute approximate surface area is 111 Å². The second-order valence-electron chi connectivity index (χ2n) is 3.36. The van der Waals surface area contributed by atoms with Gasteiger partial charge < -0.3 is 10.5 Å². The van der Waals surface area contributed by atoms with E-state index < -0.39 is 11.6 Å². The van der Waals surface area contributed by atoms with Crippen molar-refractivity contribution in [3.63, 3.8) is 0 Å². The molecule has 2 N–H and O–H groups in total. The van der Waals surface area contributed by atoms with Crippen LogP contribution in [-0.2, 0) is 0 Å². The highest BCUT2D eigenvalue weighted by atomic mass is 127. The van der Waals surface area contributed by atoms with Gasteiger partial charge in [-0.05, 0) is 52.9 Å². The Hall–Kier alpha value is -1.37. The molecule has 0 amide bonds. The average molecular weight is 347 g/mol. The molecule has 2 nitrogen and oxygen atoms in total. The molecule has 0 aliphatic carbocycles. The largest absolute Gasteiger partial charge is 0.452 e. The fraction of sp³-hybridized carbons (Fsp3) is 0. The third-order valence-electron chi connectivity index (χ3n) is 2.08. The van der Waals surface area contributed by atoms with Crippen LogP contribution >= 0.6 is 22.6 Å². The molecular formula is C12H8F2INO. The third-order valence-corrected chi connectivity index (χ3v) is 2.76. The molecule has 0 fully saturated rings. The molecule has 0 bridgehead atoms. The van der Waals surface area contributed by atoms with Gasteiger partial charge in [0, 0.05) is 9.64 Å². The van der Waals surface area contributed by atoms with Crippen LogP contribution in [0.5, 0.6) is 11.5 Å². The number of anilines is 1. The summed E-state index contributed by atoms with van der Waals surface area (Å²) in [4.78, 5) is 0. The first-order valence-corrected chi connectivity index (χ1v) is 5.82. The summed E-state index contributed by atoms with van der Waals surface area (Å²) in [6, 6.07) is 8.08. The minimum absolute atomic E-state index is 0.182. The summed E-state index contributed by atoms with van der Waals surface area (Å²) in [5.41, 5.74) is 6.09. The van der Waals surface area contributed by atoms with Crippen molar-refractivity contribution in [2.24, 2.45) is 0 Å². The monoisotopic (exact) mass is 347 g/mol. The minimum atomic E-state index is -0.635. The predicted octanol–water partition coefficient (Wildman–Crippen LogP) is 3.94. The molecule has 2 aromatic carbocycles. The third kappa shape index (κ3) is 2.85. The molecule has 0 radical (unpaired) electrons. The van der Waals surface area contributed by atoms with Crippen LogP contribution in [0.1, 0.15) is 0 Å². The summed E-state index contributed by atoms with van der Waals surface area (Å²) >= 11 is 2.10. The van der Waals surface area contributed by atoms with E-state index in [9.17, 15) is 8.78 Å². The highest BCUT2D eigenvalue weighted by Gasteiger charge is 2.08. The summed E-state index contributed by atoms with van der Waals surface area (Å²) < 4.78 is 32.4. The van der Waals surface area contributed by atoms with Crippen LogP contribution < -0.4 is 10.5 Å². The Bertz CT molecular complexity index is 560. The summed E-state index contributed by atoms with van der Waals surface area (Å²) in [6.45, 7) is 0. The van der Waals surface area contributed by atoms with E-state index in [4.69, 9.17) is 10.5 Å². The molecule has 88 valence electrons. The molecular weight excluding hydrogens is 339 g/mol. The summed E-state index contributed by atoms with van der Waals surface area (Å²) in [7, 11) is 0. The molecule has 0 atom stereocenters. The van der Waals surface area contributed by atoms with E-state index in [2.05, 4.69) is 22.6 Å². The molecule has 0 aliphatic rings. The Balaban J connectivity index is 2.34. The zero-order chi connectivity index (χ0) is 12.4. The van der Waals surface area contributed by atoms with E-state index in [1.165, 1.54) is 0 Å². The first-order chi connectivity index (χ1) is 8.06. The lowest BCUT2D eigenvalue weighted by molar-refractivity contribution is 0.438. The molecule has 0 saturated heterocycles. The Morgan fingerprint density at radius 2 is 1.76 bits per heavy atom. The molecule has 2 rings (SSSR count). The maximum absolute atomic E-state index is 13.3. The molecule has 0 unspecified atom stereocenters. The van der Waals surface area contributed by atoms with Crippen molar-refractivity contribution in [1.29, 1.82) is 0 Å². The summed E-state index contributed by atoms with van der Waals surface area (Å²) in [6.07, 6.45) is 0. The second-order valence-corrected chi connectivity index (χ2v) is 4.60. The molecule has 0 saturated carbocycles. The van der Waals surface area contributed by atoms with Crippen molar-refractivity contribution in [2.45, 2.75) is 0 Å². The number of nitrogen functional groups attached to an aromatic ring is 1. The maximum atomic E-state index is 13.3. The normalized spacial score (nSPS) is 10.3. The smallest absolute Gasteiger partial charge is 0.166 e. The first-order valence-electron chi connectivity index (χ1n) is 4.74. The molecule has 0 heterocycles. The predicted molar refractivity (Wildman–Crippen MR) is 70.0 cm³/mol. The topological polar surface area (TPSA) is 35.2 Å². The number of hydrogen-bond donors (Lipinski definition) is 1. The SMILES string of the molecule is Nc1cc(I)ccc1Oc1cc(F)ccc1F. The quantitative estimate of drug-likeness (QED) is 0.660. The molecule has 17 heavy (non-hydrogen) atoms. The van der Waals surface area contributed by atoms with Crippen LogP contribution in [0.25, 0.3) is 0 Å². The van der Waals surface area contributed by atoms with Crippen molar-refractivity contribution in [3.8, 4) is 11.5 Å². The summed E-state index contributed by atoms with van der Waals surface area (Å²) in [5, 5.41) is 0. The molecule has 5 heteroatoms. The second kappa shape index (κ2) is 4.87. The fourth-order valence-corrected chi connectivity index (χ4v) is 1.80. The average Bonchev–Trinajstić information content (AvgIpc) is 2.27. The van der Waals surface area contributed by atoms with Crippen LogP contribution in [0.15, 0.2) is 36.4 Å². The van der Waals surface area contributed by atoms with Gasteiger partial charge in [-0.25, -0.2) is 8.78 Å². The van der Waals surface area contributed by atoms with Gasteiger partial charge in [0.1, 0.15) is 5.82 Å². The number of hydrogen-bond acceptors (Lipinski definition) is 2. The van der Waals surface area contributed by atoms with Gasteiger partial charge in [-0.3, -0.25) is 0 Å². The minimum Gasteiger partial charge on any atom is -0.452 e. The van der Waals surface area contributed by atoms with Crippen molar-refractivity contribution in [2.75, 3.05) is 5.73 Å². The van der Waals surface area contributed by atoms with Gasteiger partial charge in [0.2, 0.25) is 0 Å². The lowest BCUT2D eigenvalue weighted by atomic mass is 10.3. The van der Waals surface area contributed by atoms with Crippen LogP contribution in [0.2, 0.25) is 0 Å². The lowest BCUT2D eigenvalue weighted by Gasteiger charge is -2.09. The van der Waals surface area contributed by atoms with Crippen molar-refractivity contribution >= 4 is 28.3 Å². The lowest BCUT2D eigenvalue weighted by Crippen LogP contribution is -1.94. The van der Waals surface area contributed by atoms with E-state index in [-0.39, 0.29) is 5.75 Å². The van der Waals surface area contributed by atoms with Gasteiger partial charge in [0.15, 0.2) is 17.3 Å². The van der Waals surface area contributed by atoms with Crippen molar-refractivity contribution in [1.82, 2.24) is 0 Å². The van der Waals surface area contributed by atoms with E-state index >= 15 is 0 Å². The maximum Gasteiger partial charge on any atom is 0.166 e. The Morgan fingerprint density at radius 1 is 1.00 bits per heavy atom. The van der Waals surface area contributed by atoms with Gasteiger partial charge in [0.25, 0.3) is 0 Å². The van der Waals surface area contributed by atoms with Crippen LogP contribution in [-0.4, -0.2) is 0 Å². The van der Waals surface area contributed by atoms with E-state index in [1.54, 1.807) is 18.2 Å². The standard InChI is InChI=1S/C12H8F2INO/c13-7-1-3-9(14)12(5-7)17-11-4-2-8(15)6-10(11)16/h1-6H,16H2. The van der Waals surface area contributed by atoms with Crippen LogP contribution in [0.3, 0.4) is 0 Å². The van der Waals surface area contributed by atoms with Crippen molar-refractivity contribution < 1.29 is 13.5 Å². The number of ether oxygens (including phenoxy) is 1. The fourth-order valence-electron chi connectivity index (χ4n) is 1.29. The van der Waals surface area contributed by atoms with Crippen molar-refractivity contribution in [3.05, 3.63) is 51.6 Å². The molecule has 0 spiro atoms. The highest BCUT2D eigenvalue weighted by molar-refractivity contribution is 14.1. The zero-order valence-corrected chi connectivity index (χ0v) is 10.7. The van der Waals surface area contributed by atoms with Gasteiger partial charge in [-0.1, -0.05) is 0 Å². The first kappa shape index (κ1) is 12.1. The Kier molecular flexibility index (Phi) is 3.46. The number of benzene rings is 2. The van der Waals surface area contributed by atoms with Crippen LogP contribution in [0, 0.1) is 15.2 Å². The van der Waals surface area contributed by atoms with Gasteiger partial charge >= 0.3 is 0 Å². The van der Waals surface area contributed by atoms with Gasteiger partial charge in [-0.2, -0.15) is 0 Å². The van der Waals surface area contributed by atoms with Gasteiger partial charge in [-0.15, -0.1) is 0 Å². The molecule has 0 aromatic heterocycles. The zero-order valence-electron chi connectivity index (χ0n) is 8.58. The molecule has 0 aliphatic heterocycles.